The molecule has 2 amide bonds. The molecule has 0 saturated carbocycles. The number of nitrogens with one attached hydrogen (secondary N) is 2. The zero-order valence-corrected chi connectivity index (χ0v) is 15.0. The van der Waals surface area contributed by atoms with Crippen molar-refractivity contribution in [2.24, 2.45) is 0 Å². The van der Waals surface area contributed by atoms with Crippen LogP contribution in [0.3, 0.4) is 0 Å². The lowest BCUT2D eigenvalue weighted by molar-refractivity contribution is -0.133. The summed E-state index contributed by atoms with van der Waals surface area (Å²) in [5, 5.41) is 0. The molecule has 0 aliphatic heterocycles. The maximum Gasteiger partial charge on any atom is 0.279 e. The summed E-state index contributed by atoms with van der Waals surface area (Å²) in [6.45, 7) is 4.34. The van der Waals surface area contributed by atoms with Crippen LogP contribution in [0.25, 0.3) is 11.1 Å². The molecule has 26 heavy (non-hydrogen) atoms. The van der Waals surface area contributed by atoms with Crippen LogP contribution in [0.5, 0.6) is 5.75 Å². The topological polar surface area (TPSA) is 76.7 Å². The summed E-state index contributed by atoms with van der Waals surface area (Å²) < 4.78 is 10.7. The van der Waals surface area contributed by atoms with E-state index in [2.05, 4.69) is 10.9 Å². The molecular formula is C20H24N2O4. The summed E-state index contributed by atoms with van der Waals surface area (Å²) >= 11 is 0. The molecule has 0 aromatic heterocycles. The second-order valence-electron chi connectivity index (χ2n) is 5.63. The van der Waals surface area contributed by atoms with Crippen LogP contribution in [0.15, 0.2) is 54.6 Å². The Bertz CT molecular complexity index is 702. The number of hydrogen-bond acceptors (Lipinski definition) is 4. The van der Waals surface area contributed by atoms with Gasteiger partial charge in [-0.3, -0.25) is 20.4 Å². The lowest BCUT2D eigenvalue weighted by Crippen LogP contribution is -2.47. The maximum absolute atomic E-state index is 12.0. The predicted molar refractivity (Wildman–Crippen MR) is 99.4 cm³/mol. The van der Waals surface area contributed by atoms with Gasteiger partial charge in [-0.1, -0.05) is 42.5 Å². The summed E-state index contributed by atoms with van der Waals surface area (Å²) in [5.74, 6) is -0.164. The van der Waals surface area contributed by atoms with Crippen molar-refractivity contribution in [3.05, 3.63) is 54.6 Å². The second kappa shape index (κ2) is 10.2. The van der Waals surface area contributed by atoms with E-state index >= 15 is 0 Å². The van der Waals surface area contributed by atoms with Gasteiger partial charge in [-0.05, 0) is 37.1 Å². The Morgan fingerprint density at radius 3 is 2.27 bits per heavy atom. The van der Waals surface area contributed by atoms with Gasteiger partial charge < -0.3 is 9.47 Å². The Morgan fingerprint density at radius 1 is 0.962 bits per heavy atom. The molecule has 0 heterocycles. The highest BCUT2D eigenvalue weighted by Crippen LogP contribution is 2.22. The number of carbonyl (C=O) groups excluding carboxylic acids is 2. The zero-order chi connectivity index (χ0) is 18.8. The Hall–Kier alpha value is -2.86. The van der Waals surface area contributed by atoms with Crippen molar-refractivity contribution in [1.82, 2.24) is 10.9 Å². The molecule has 0 spiro atoms. The number of benzene rings is 2. The van der Waals surface area contributed by atoms with Gasteiger partial charge in [0.25, 0.3) is 5.91 Å². The van der Waals surface area contributed by atoms with E-state index in [0.717, 1.165) is 11.1 Å². The standard InChI is InChI=1S/C20H24N2O4/c1-3-25-14-13-19(23)21-22-20(24)15(2)26-18-11-9-17(10-12-18)16-7-5-4-6-8-16/h4-12,15H,3,13-14H2,1-2H3,(H,21,23)(H,22,24). The largest absolute Gasteiger partial charge is 0.481 e. The van der Waals surface area contributed by atoms with E-state index < -0.39 is 12.0 Å². The number of rotatable bonds is 8. The van der Waals surface area contributed by atoms with Gasteiger partial charge in [-0.15, -0.1) is 0 Å². The van der Waals surface area contributed by atoms with Crippen molar-refractivity contribution in [3.8, 4) is 16.9 Å². The van der Waals surface area contributed by atoms with Crippen LogP contribution in [0, 0.1) is 0 Å². The van der Waals surface area contributed by atoms with E-state index in [-0.39, 0.29) is 12.3 Å². The molecule has 0 aliphatic rings. The first kappa shape index (κ1) is 19.5. The molecule has 6 nitrogen and oxygen atoms in total. The Balaban J connectivity index is 1.80. The van der Waals surface area contributed by atoms with Crippen molar-refractivity contribution in [1.29, 1.82) is 0 Å². The Labute approximate surface area is 153 Å². The van der Waals surface area contributed by atoms with E-state index in [0.29, 0.717) is 19.0 Å². The first-order chi connectivity index (χ1) is 12.6. The van der Waals surface area contributed by atoms with Crippen LogP contribution in [-0.2, 0) is 14.3 Å². The summed E-state index contributed by atoms with van der Waals surface area (Å²) in [6, 6.07) is 17.5. The lowest BCUT2D eigenvalue weighted by atomic mass is 10.1. The molecule has 0 fully saturated rings. The molecule has 2 N–H and O–H groups in total. The van der Waals surface area contributed by atoms with Crippen LogP contribution < -0.4 is 15.6 Å². The molecule has 0 bridgehead atoms. The monoisotopic (exact) mass is 356 g/mol. The van der Waals surface area contributed by atoms with E-state index in [9.17, 15) is 9.59 Å². The number of hydrazine groups is 1. The average molecular weight is 356 g/mol. The highest BCUT2D eigenvalue weighted by Gasteiger charge is 2.15. The molecule has 1 unspecified atom stereocenters. The molecule has 2 aromatic rings. The minimum atomic E-state index is -0.746. The summed E-state index contributed by atoms with van der Waals surface area (Å²) in [5.41, 5.74) is 6.86. The minimum absolute atomic E-state index is 0.185. The number of ether oxygens (including phenoxy) is 2. The molecule has 2 rings (SSSR count). The van der Waals surface area contributed by atoms with Crippen molar-refractivity contribution in [2.45, 2.75) is 26.4 Å². The van der Waals surface area contributed by atoms with Gasteiger partial charge in [-0.25, -0.2) is 0 Å². The Morgan fingerprint density at radius 2 is 1.62 bits per heavy atom. The van der Waals surface area contributed by atoms with E-state index in [1.807, 2.05) is 61.5 Å². The van der Waals surface area contributed by atoms with Crippen LogP contribution in [0.1, 0.15) is 20.3 Å². The number of carbonyl (C=O) groups is 2. The van der Waals surface area contributed by atoms with Gasteiger partial charge in [0, 0.05) is 6.61 Å². The fourth-order valence-electron chi connectivity index (χ4n) is 2.22. The molecule has 2 aromatic carbocycles. The summed E-state index contributed by atoms with van der Waals surface area (Å²) in [4.78, 5) is 23.5. The van der Waals surface area contributed by atoms with Crippen molar-refractivity contribution in [3.63, 3.8) is 0 Å². The predicted octanol–water partition coefficient (Wildman–Crippen LogP) is 2.69. The van der Waals surface area contributed by atoms with E-state index in [1.165, 1.54) is 0 Å². The normalized spacial score (nSPS) is 11.5. The summed E-state index contributed by atoms with van der Waals surface area (Å²) in [6.07, 6.45) is -0.561. The number of amides is 2. The van der Waals surface area contributed by atoms with Gasteiger partial charge in [0.15, 0.2) is 6.10 Å². The van der Waals surface area contributed by atoms with Crippen molar-refractivity contribution < 1.29 is 19.1 Å². The third-order valence-corrected chi connectivity index (χ3v) is 3.65. The molecular weight excluding hydrogens is 332 g/mol. The first-order valence-electron chi connectivity index (χ1n) is 8.58. The fraction of sp³-hybridized carbons (Fsp3) is 0.300. The third-order valence-electron chi connectivity index (χ3n) is 3.65. The smallest absolute Gasteiger partial charge is 0.279 e. The number of hydrogen-bond donors (Lipinski definition) is 2. The SMILES string of the molecule is CCOCCC(=O)NNC(=O)C(C)Oc1ccc(-c2ccccc2)cc1. The first-order valence-corrected chi connectivity index (χ1v) is 8.58. The van der Waals surface area contributed by atoms with E-state index in [4.69, 9.17) is 9.47 Å². The van der Waals surface area contributed by atoms with Crippen molar-refractivity contribution in [2.75, 3.05) is 13.2 Å². The quantitative estimate of drug-likeness (QED) is 0.563. The van der Waals surface area contributed by atoms with Crippen LogP contribution in [0.4, 0.5) is 0 Å². The minimum Gasteiger partial charge on any atom is -0.481 e. The van der Waals surface area contributed by atoms with Gasteiger partial charge in [0.05, 0.1) is 13.0 Å². The van der Waals surface area contributed by atoms with Gasteiger partial charge in [0.1, 0.15) is 5.75 Å². The molecule has 0 saturated heterocycles. The summed E-state index contributed by atoms with van der Waals surface area (Å²) in [7, 11) is 0. The van der Waals surface area contributed by atoms with Gasteiger partial charge >= 0.3 is 0 Å². The van der Waals surface area contributed by atoms with Crippen LogP contribution in [-0.4, -0.2) is 31.1 Å². The highest BCUT2D eigenvalue weighted by molar-refractivity contribution is 5.84. The molecule has 138 valence electrons. The van der Waals surface area contributed by atoms with Crippen LogP contribution >= 0.6 is 0 Å². The van der Waals surface area contributed by atoms with Gasteiger partial charge in [0.2, 0.25) is 5.91 Å². The molecule has 0 radical (unpaired) electrons. The molecule has 6 heteroatoms. The van der Waals surface area contributed by atoms with E-state index in [1.54, 1.807) is 6.92 Å². The highest BCUT2D eigenvalue weighted by atomic mass is 16.5. The molecule has 1 atom stereocenters. The lowest BCUT2D eigenvalue weighted by Gasteiger charge is -2.15. The molecule has 0 aliphatic carbocycles. The second-order valence-corrected chi connectivity index (χ2v) is 5.63. The fourth-order valence-corrected chi connectivity index (χ4v) is 2.22. The average Bonchev–Trinajstić information content (AvgIpc) is 2.67. The Kier molecular flexibility index (Phi) is 7.64. The van der Waals surface area contributed by atoms with Crippen LogP contribution in [0.2, 0.25) is 0 Å². The third kappa shape index (κ3) is 6.22. The van der Waals surface area contributed by atoms with Gasteiger partial charge in [-0.2, -0.15) is 0 Å². The zero-order valence-electron chi connectivity index (χ0n) is 15.0. The maximum atomic E-state index is 12.0. The van der Waals surface area contributed by atoms with Crippen molar-refractivity contribution >= 4 is 11.8 Å².